The first-order valence-corrected chi connectivity index (χ1v) is 8.22. The Morgan fingerprint density at radius 3 is 2.62 bits per heavy atom. The number of carbonyl (C=O) groups is 2. The standard InChI is InChI=1S/C18H18O8/c1-18(2)25-15-13-12(24-17(15)26-18)14(16(21)23-13)22-11(20)8-5-9-3-6-10(19)7-4-9/h3-8,12-15,17,19H,1-2H3/b8-5+. The van der Waals surface area contributed by atoms with Crippen LogP contribution < -0.4 is 0 Å². The summed E-state index contributed by atoms with van der Waals surface area (Å²) in [7, 11) is 0. The Hall–Kier alpha value is -2.42. The Bertz CT molecular complexity index is 753. The Balaban J connectivity index is 1.40. The Morgan fingerprint density at radius 1 is 1.15 bits per heavy atom. The minimum atomic E-state index is -1.17. The number of carbonyl (C=O) groups excluding carboxylic acids is 2. The van der Waals surface area contributed by atoms with Crippen molar-refractivity contribution in [3.63, 3.8) is 0 Å². The number of esters is 2. The molecule has 3 aliphatic rings. The van der Waals surface area contributed by atoms with Gasteiger partial charge in [0.05, 0.1) is 0 Å². The fourth-order valence-corrected chi connectivity index (χ4v) is 3.25. The van der Waals surface area contributed by atoms with E-state index in [4.69, 9.17) is 23.7 Å². The Morgan fingerprint density at radius 2 is 1.88 bits per heavy atom. The van der Waals surface area contributed by atoms with Crippen molar-refractivity contribution in [1.29, 1.82) is 0 Å². The minimum absolute atomic E-state index is 0.126. The van der Waals surface area contributed by atoms with Crippen LogP contribution in [0.25, 0.3) is 6.08 Å². The lowest BCUT2D eigenvalue weighted by Crippen LogP contribution is -2.37. The van der Waals surface area contributed by atoms with Crippen molar-refractivity contribution in [2.45, 2.75) is 50.3 Å². The lowest BCUT2D eigenvalue weighted by Gasteiger charge is -2.21. The second-order valence-corrected chi connectivity index (χ2v) is 6.75. The van der Waals surface area contributed by atoms with Crippen molar-refractivity contribution in [3.8, 4) is 5.75 Å². The first-order valence-electron chi connectivity index (χ1n) is 8.22. The molecule has 8 nitrogen and oxygen atoms in total. The van der Waals surface area contributed by atoms with Crippen LogP contribution in [0.3, 0.4) is 0 Å². The number of benzene rings is 1. The molecule has 0 spiro atoms. The van der Waals surface area contributed by atoms with Crippen molar-refractivity contribution in [2.24, 2.45) is 0 Å². The molecule has 8 heteroatoms. The topological polar surface area (TPSA) is 101 Å². The molecule has 3 aliphatic heterocycles. The summed E-state index contributed by atoms with van der Waals surface area (Å²) in [6.07, 6.45) is -1.11. The van der Waals surface area contributed by atoms with Crippen LogP contribution in [-0.4, -0.2) is 53.5 Å². The van der Waals surface area contributed by atoms with Crippen LogP contribution >= 0.6 is 0 Å². The van der Waals surface area contributed by atoms with E-state index in [1.165, 1.54) is 24.3 Å². The molecule has 138 valence electrons. The van der Waals surface area contributed by atoms with Gasteiger partial charge in [-0.1, -0.05) is 12.1 Å². The van der Waals surface area contributed by atoms with Crippen LogP contribution in [0.5, 0.6) is 5.75 Å². The second-order valence-electron chi connectivity index (χ2n) is 6.75. The Kier molecular flexibility index (Phi) is 3.98. The van der Waals surface area contributed by atoms with Gasteiger partial charge in [-0.05, 0) is 37.6 Å². The fourth-order valence-electron chi connectivity index (χ4n) is 3.25. The van der Waals surface area contributed by atoms with Crippen molar-refractivity contribution >= 4 is 18.0 Å². The van der Waals surface area contributed by atoms with E-state index in [2.05, 4.69) is 0 Å². The molecule has 3 heterocycles. The molecule has 1 N–H and O–H groups in total. The average molecular weight is 362 g/mol. The third-order valence-corrected chi connectivity index (χ3v) is 4.36. The normalized spacial score (nSPS) is 34.5. The van der Waals surface area contributed by atoms with E-state index in [-0.39, 0.29) is 5.75 Å². The van der Waals surface area contributed by atoms with Gasteiger partial charge in [0.15, 0.2) is 24.3 Å². The molecule has 5 unspecified atom stereocenters. The number of phenolic OH excluding ortho intramolecular Hbond substituents is 1. The number of rotatable bonds is 3. The van der Waals surface area contributed by atoms with E-state index < -0.39 is 48.4 Å². The highest BCUT2D eigenvalue weighted by molar-refractivity contribution is 5.90. The number of fused-ring (bicyclic) bond motifs is 3. The zero-order valence-electron chi connectivity index (χ0n) is 14.2. The molecule has 0 amide bonds. The van der Waals surface area contributed by atoms with E-state index in [1.54, 1.807) is 26.0 Å². The molecule has 5 atom stereocenters. The van der Waals surface area contributed by atoms with Crippen molar-refractivity contribution < 1.29 is 38.4 Å². The summed E-state index contributed by atoms with van der Waals surface area (Å²) in [6, 6.07) is 6.26. The third kappa shape index (κ3) is 3.07. The van der Waals surface area contributed by atoms with Gasteiger partial charge in [-0.3, -0.25) is 0 Å². The summed E-state index contributed by atoms with van der Waals surface area (Å²) < 4.78 is 27.5. The van der Waals surface area contributed by atoms with Crippen LogP contribution in [0.1, 0.15) is 19.4 Å². The quantitative estimate of drug-likeness (QED) is 0.631. The molecule has 4 rings (SSSR count). The molecule has 0 saturated carbocycles. The van der Waals surface area contributed by atoms with Crippen molar-refractivity contribution in [2.75, 3.05) is 0 Å². The summed E-state index contributed by atoms with van der Waals surface area (Å²) in [5.41, 5.74) is 0.697. The zero-order chi connectivity index (χ0) is 18.5. The van der Waals surface area contributed by atoms with Crippen LogP contribution in [0.15, 0.2) is 30.3 Å². The van der Waals surface area contributed by atoms with Gasteiger partial charge in [-0.15, -0.1) is 0 Å². The predicted molar refractivity (Wildman–Crippen MR) is 85.6 cm³/mol. The highest BCUT2D eigenvalue weighted by atomic mass is 16.8. The SMILES string of the molecule is CC1(C)OC2OC3C(OC(=O)/C=C/c4ccc(O)cc4)C(=O)OC3C2O1. The van der Waals surface area contributed by atoms with E-state index >= 15 is 0 Å². The van der Waals surface area contributed by atoms with Crippen LogP contribution in [0, 0.1) is 0 Å². The first-order chi connectivity index (χ1) is 12.3. The van der Waals surface area contributed by atoms with Gasteiger partial charge >= 0.3 is 11.9 Å². The summed E-state index contributed by atoms with van der Waals surface area (Å²) >= 11 is 0. The van der Waals surface area contributed by atoms with E-state index in [0.717, 1.165) is 0 Å². The van der Waals surface area contributed by atoms with Gasteiger partial charge in [0.25, 0.3) is 0 Å². The minimum Gasteiger partial charge on any atom is -0.508 e. The Labute approximate surface area is 149 Å². The summed E-state index contributed by atoms with van der Waals surface area (Å²) in [5.74, 6) is -2.07. The average Bonchev–Trinajstić information content (AvgIpc) is 3.15. The van der Waals surface area contributed by atoms with Crippen LogP contribution in [0.2, 0.25) is 0 Å². The fraction of sp³-hybridized carbons (Fsp3) is 0.444. The monoisotopic (exact) mass is 362 g/mol. The van der Waals surface area contributed by atoms with Gasteiger partial charge in [-0.2, -0.15) is 0 Å². The second kappa shape index (κ2) is 6.08. The largest absolute Gasteiger partial charge is 0.508 e. The summed E-state index contributed by atoms with van der Waals surface area (Å²) in [4.78, 5) is 24.1. The molecule has 0 radical (unpaired) electrons. The van der Waals surface area contributed by atoms with Gasteiger partial charge in [-0.25, -0.2) is 9.59 Å². The summed E-state index contributed by atoms with van der Waals surface area (Å²) in [6.45, 7) is 3.48. The van der Waals surface area contributed by atoms with Gasteiger partial charge in [0, 0.05) is 6.08 Å². The number of hydrogen-bond donors (Lipinski definition) is 1. The maximum absolute atomic E-state index is 12.1. The molecule has 3 saturated heterocycles. The van der Waals surface area contributed by atoms with Gasteiger partial charge < -0.3 is 28.8 Å². The van der Waals surface area contributed by atoms with Gasteiger partial charge in [0.1, 0.15) is 11.9 Å². The molecule has 0 aromatic heterocycles. The molecule has 0 aliphatic carbocycles. The molecular weight excluding hydrogens is 344 g/mol. The molecule has 1 aromatic carbocycles. The van der Waals surface area contributed by atoms with Crippen molar-refractivity contribution in [3.05, 3.63) is 35.9 Å². The molecule has 0 bridgehead atoms. The van der Waals surface area contributed by atoms with E-state index in [9.17, 15) is 14.7 Å². The predicted octanol–water partition coefficient (Wildman–Crippen LogP) is 1.12. The highest BCUT2D eigenvalue weighted by Crippen LogP contribution is 2.42. The maximum Gasteiger partial charge on any atom is 0.350 e. The molecule has 1 aromatic rings. The molecule has 3 fully saturated rings. The van der Waals surface area contributed by atoms with Crippen LogP contribution in [-0.2, 0) is 33.3 Å². The third-order valence-electron chi connectivity index (χ3n) is 4.36. The van der Waals surface area contributed by atoms with E-state index in [0.29, 0.717) is 5.56 Å². The first kappa shape index (κ1) is 17.0. The van der Waals surface area contributed by atoms with Crippen molar-refractivity contribution in [1.82, 2.24) is 0 Å². The smallest absolute Gasteiger partial charge is 0.350 e. The highest BCUT2D eigenvalue weighted by Gasteiger charge is 2.64. The van der Waals surface area contributed by atoms with E-state index in [1.807, 2.05) is 0 Å². The molecular formula is C18H18O8. The molecule has 26 heavy (non-hydrogen) atoms. The number of ether oxygens (including phenoxy) is 5. The summed E-state index contributed by atoms with van der Waals surface area (Å²) in [5, 5.41) is 9.24. The maximum atomic E-state index is 12.1. The lowest BCUT2D eigenvalue weighted by atomic mass is 10.1. The number of aromatic hydroxyl groups is 1. The van der Waals surface area contributed by atoms with Crippen LogP contribution in [0.4, 0.5) is 0 Å². The zero-order valence-corrected chi connectivity index (χ0v) is 14.2. The van der Waals surface area contributed by atoms with Gasteiger partial charge in [0.2, 0.25) is 6.10 Å². The number of phenols is 1. The lowest BCUT2D eigenvalue weighted by molar-refractivity contribution is -0.216. The number of hydrogen-bond acceptors (Lipinski definition) is 8.